The third-order valence-electron chi connectivity index (χ3n) is 7.11. The predicted molar refractivity (Wildman–Crippen MR) is 137 cm³/mol. The summed E-state index contributed by atoms with van der Waals surface area (Å²) in [6, 6.07) is 3.38. The molecule has 2 heterocycles. The number of aryl methyl sites for hydroxylation is 1. The van der Waals surface area contributed by atoms with E-state index >= 15 is 0 Å². The van der Waals surface area contributed by atoms with Crippen LogP contribution in [0.25, 0.3) is 0 Å². The maximum absolute atomic E-state index is 14.1. The van der Waals surface area contributed by atoms with Crippen molar-refractivity contribution in [3.05, 3.63) is 41.3 Å². The Kier molecular flexibility index (Phi) is 9.66. The third-order valence-corrected chi connectivity index (χ3v) is 9.21. The smallest absolute Gasteiger partial charge is 0.405 e. The molecule has 0 spiro atoms. The van der Waals surface area contributed by atoms with Gasteiger partial charge in [0.1, 0.15) is 11.3 Å². The van der Waals surface area contributed by atoms with Gasteiger partial charge in [0.25, 0.3) is 15.9 Å². The lowest BCUT2D eigenvalue weighted by molar-refractivity contribution is -0.274. The Balaban J connectivity index is 0.00000441. The zero-order valence-corrected chi connectivity index (χ0v) is 23.6. The quantitative estimate of drug-likeness (QED) is 0.461. The van der Waals surface area contributed by atoms with Crippen LogP contribution in [-0.4, -0.2) is 83.6 Å². The van der Waals surface area contributed by atoms with Crippen LogP contribution in [0.15, 0.2) is 35.7 Å². The van der Waals surface area contributed by atoms with Gasteiger partial charge in [-0.1, -0.05) is 17.7 Å². The molecule has 0 bridgehead atoms. The number of aromatic nitrogens is 2. The standard InChI is InChI=1S/C23H27ClF5N5O4S.ClH/c1-32-13-18(31-15-32)39(36,37)34-11-9-33(10-12-34)21(5-7-22(25,26)8-6-21)14-30-20(35)19-16(24)3-2-4-17(19)38-23(27,28)29;/h2-4,13,15H,5-12,14H2,1H3,(H,30,35);1H. The fourth-order valence-electron chi connectivity index (χ4n) is 5.01. The van der Waals surface area contributed by atoms with Crippen LogP contribution in [0, 0.1) is 0 Å². The van der Waals surface area contributed by atoms with Gasteiger partial charge in [-0.15, -0.1) is 25.6 Å². The Labute approximate surface area is 239 Å². The second kappa shape index (κ2) is 12.0. The van der Waals surface area contributed by atoms with Crippen LogP contribution >= 0.6 is 24.0 Å². The first-order valence-corrected chi connectivity index (χ1v) is 13.9. The lowest BCUT2D eigenvalue weighted by atomic mass is 9.78. The van der Waals surface area contributed by atoms with E-state index in [0.29, 0.717) is 0 Å². The zero-order valence-electron chi connectivity index (χ0n) is 21.3. The van der Waals surface area contributed by atoms with Gasteiger partial charge in [-0.25, -0.2) is 22.2 Å². The normalized spacial score (nSPS) is 20.0. The van der Waals surface area contributed by atoms with E-state index in [1.54, 1.807) is 7.05 Å². The van der Waals surface area contributed by atoms with E-state index in [0.717, 1.165) is 6.07 Å². The van der Waals surface area contributed by atoms with Crippen LogP contribution in [0.5, 0.6) is 5.75 Å². The van der Waals surface area contributed by atoms with Gasteiger partial charge in [-0.3, -0.25) is 9.69 Å². The highest BCUT2D eigenvalue weighted by Gasteiger charge is 2.48. The monoisotopic (exact) mass is 635 g/mol. The highest BCUT2D eigenvalue weighted by Crippen LogP contribution is 2.42. The summed E-state index contributed by atoms with van der Waals surface area (Å²) in [5.74, 6) is -4.63. The number of sulfonamides is 1. The number of amides is 1. The van der Waals surface area contributed by atoms with Crippen molar-refractivity contribution in [1.29, 1.82) is 0 Å². The molecule has 1 aliphatic heterocycles. The second-order valence-electron chi connectivity index (χ2n) is 9.69. The van der Waals surface area contributed by atoms with Crippen molar-refractivity contribution in [2.24, 2.45) is 7.05 Å². The van der Waals surface area contributed by atoms with Gasteiger partial charge in [0.05, 0.1) is 11.3 Å². The number of nitrogens with one attached hydrogen (secondary N) is 1. The number of alkyl halides is 5. The second-order valence-corrected chi connectivity index (χ2v) is 12.0. The minimum absolute atomic E-state index is 0. The van der Waals surface area contributed by atoms with Gasteiger partial charge in [-0.2, -0.15) is 4.31 Å². The van der Waals surface area contributed by atoms with Crippen molar-refractivity contribution in [3.8, 4) is 5.75 Å². The number of nitrogens with zero attached hydrogens (tertiary/aromatic N) is 4. The fourth-order valence-corrected chi connectivity index (χ4v) is 6.65. The molecule has 0 radical (unpaired) electrons. The molecule has 1 aromatic heterocycles. The number of piperazine rings is 1. The highest BCUT2D eigenvalue weighted by molar-refractivity contribution is 7.89. The van der Waals surface area contributed by atoms with Crippen molar-refractivity contribution >= 4 is 39.9 Å². The van der Waals surface area contributed by atoms with E-state index in [2.05, 4.69) is 15.0 Å². The first-order chi connectivity index (χ1) is 18.1. The number of imidazole rings is 1. The Morgan fingerprint density at radius 1 is 1.12 bits per heavy atom. The number of halogens is 7. The molecule has 0 unspecified atom stereocenters. The van der Waals surface area contributed by atoms with E-state index < -0.39 is 57.9 Å². The number of carbonyl (C=O) groups is 1. The molecule has 1 amide bonds. The molecule has 4 rings (SSSR count). The van der Waals surface area contributed by atoms with Crippen molar-refractivity contribution < 1.29 is 39.9 Å². The zero-order chi connectivity index (χ0) is 28.6. The molecule has 1 N–H and O–H groups in total. The lowest BCUT2D eigenvalue weighted by Gasteiger charge is -2.50. The van der Waals surface area contributed by atoms with Gasteiger partial charge in [0.15, 0.2) is 5.03 Å². The van der Waals surface area contributed by atoms with E-state index in [9.17, 15) is 35.2 Å². The molecule has 0 atom stereocenters. The summed E-state index contributed by atoms with van der Waals surface area (Å²) < 4.78 is 99.5. The number of hydrogen-bond donors (Lipinski definition) is 1. The summed E-state index contributed by atoms with van der Waals surface area (Å²) in [6.45, 7) is 0.369. The van der Waals surface area contributed by atoms with Crippen LogP contribution < -0.4 is 10.1 Å². The number of benzene rings is 1. The summed E-state index contributed by atoms with van der Waals surface area (Å²) in [5.41, 5.74) is -1.50. The Bertz CT molecular complexity index is 1310. The van der Waals surface area contributed by atoms with E-state index in [1.165, 1.54) is 33.5 Å². The number of hydrogen-bond acceptors (Lipinski definition) is 6. The van der Waals surface area contributed by atoms with Gasteiger partial charge < -0.3 is 14.6 Å². The molecule has 1 aromatic carbocycles. The molecule has 2 aromatic rings. The van der Waals surface area contributed by atoms with E-state index in [4.69, 9.17) is 11.6 Å². The average molecular weight is 636 g/mol. The van der Waals surface area contributed by atoms with Crippen LogP contribution in [-0.2, 0) is 17.1 Å². The molecule has 1 saturated carbocycles. The predicted octanol–water partition coefficient (Wildman–Crippen LogP) is 4.08. The molecule has 40 heavy (non-hydrogen) atoms. The molecular formula is C23H28Cl2F5N5O4S. The summed E-state index contributed by atoms with van der Waals surface area (Å²) in [7, 11) is -2.21. The largest absolute Gasteiger partial charge is 0.573 e. The number of ether oxygens (including phenoxy) is 1. The maximum Gasteiger partial charge on any atom is 0.573 e. The molecule has 224 valence electrons. The Hall–Kier alpha value is -2.20. The van der Waals surface area contributed by atoms with Crippen molar-refractivity contribution in [3.63, 3.8) is 0 Å². The number of carbonyl (C=O) groups excluding carboxylic acids is 1. The molecule has 2 aliphatic rings. The van der Waals surface area contributed by atoms with Crippen molar-refractivity contribution in [2.75, 3.05) is 32.7 Å². The number of rotatable bonds is 7. The van der Waals surface area contributed by atoms with Gasteiger partial charge >= 0.3 is 6.36 Å². The first-order valence-electron chi connectivity index (χ1n) is 12.1. The van der Waals surface area contributed by atoms with Gasteiger partial charge in [-0.05, 0) is 25.0 Å². The van der Waals surface area contributed by atoms with Crippen molar-refractivity contribution in [1.82, 2.24) is 24.1 Å². The SMILES string of the molecule is Cl.Cn1cnc(S(=O)(=O)N2CCN(C3(CNC(=O)c4c(Cl)cccc4OC(F)(F)F)CCC(F)(F)CC3)CC2)c1. The summed E-state index contributed by atoms with van der Waals surface area (Å²) in [6.07, 6.45) is -3.25. The third kappa shape index (κ3) is 7.16. The summed E-state index contributed by atoms with van der Waals surface area (Å²) in [5, 5.41) is 2.20. The van der Waals surface area contributed by atoms with Crippen molar-refractivity contribution in [2.45, 2.75) is 48.5 Å². The maximum atomic E-state index is 14.1. The van der Waals surface area contributed by atoms with Gasteiger partial charge in [0, 0.05) is 64.3 Å². The average Bonchev–Trinajstić information content (AvgIpc) is 3.30. The van der Waals surface area contributed by atoms with Crippen LogP contribution in [0.3, 0.4) is 0 Å². The summed E-state index contributed by atoms with van der Waals surface area (Å²) in [4.78, 5) is 18.8. The Morgan fingerprint density at radius 2 is 1.75 bits per heavy atom. The summed E-state index contributed by atoms with van der Waals surface area (Å²) >= 11 is 6.02. The molecule has 2 fully saturated rings. The molecule has 17 heteroatoms. The first kappa shape index (κ1) is 32.3. The minimum atomic E-state index is -5.06. The highest BCUT2D eigenvalue weighted by atomic mass is 35.5. The topological polar surface area (TPSA) is 96.8 Å². The Morgan fingerprint density at radius 3 is 2.30 bits per heavy atom. The van der Waals surface area contributed by atoms with Crippen LogP contribution in [0.4, 0.5) is 22.0 Å². The van der Waals surface area contributed by atoms with Crippen LogP contribution in [0.1, 0.15) is 36.0 Å². The molecular weight excluding hydrogens is 608 g/mol. The molecule has 1 aliphatic carbocycles. The lowest BCUT2D eigenvalue weighted by Crippen LogP contribution is -2.63. The van der Waals surface area contributed by atoms with E-state index in [1.807, 2.05) is 4.90 Å². The minimum Gasteiger partial charge on any atom is -0.405 e. The fraction of sp³-hybridized carbons (Fsp3) is 0.565. The molecule has 9 nitrogen and oxygen atoms in total. The van der Waals surface area contributed by atoms with Gasteiger partial charge in [0.2, 0.25) is 5.92 Å². The molecule has 1 saturated heterocycles. The van der Waals surface area contributed by atoms with Crippen LogP contribution in [0.2, 0.25) is 5.02 Å². The van der Waals surface area contributed by atoms with E-state index in [-0.39, 0.29) is 68.0 Å².